The minimum Gasteiger partial charge on any atom is -0.481 e. The molecule has 1 N–H and O–H groups in total. The Labute approximate surface area is 139 Å². The molecule has 1 aliphatic rings. The zero-order valence-corrected chi connectivity index (χ0v) is 14.6. The molecule has 0 spiro atoms. The fourth-order valence-electron chi connectivity index (χ4n) is 2.31. The van der Waals surface area contributed by atoms with E-state index in [0.717, 1.165) is 11.8 Å². The van der Waals surface area contributed by atoms with Crippen LogP contribution >= 0.6 is 11.8 Å². The fourth-order valence-corrected chi connectivity index (χ4v) is 3.01. The van der Waals surface area contributed by atoms with Crippen molar-refractivity contribution >= 4 is 34.7 Å². The highest BCUT2D eigenvalue weighted by atomic mass is 32.2. The van der Waals surface area contributed by atoms with Crippen LogP contribution in [0.25, 0.3) is 0 Å². The van der Waals surface area contributed by atoms with Crippen molar-refractivity contribution in [2.75, 3.05) is 12.3 Å². The Bertz CT molecular complexity index is 499. The summed E-state index contributed by atoms with van der Waals surface area (Å²) >= 11 is 1.13. The number of likely N-dealkylation sites (tertiary alicyclic amines) is 1. The number of carboxylic acid groups (broad SMARTS) is 1. The number of carbonyl (C=O) groups excluding carboxylic acids is 3. The number of amides is 1. The summed E-state index contributed by atoms with van der Waals surface area (Å²) in [6, 6.07) is -1.13. The number of nitrogens with zero attached hydrogens (tertiary/aromatic N) is 1. The van der Waals surface area contributed by atoms with E-state index < -0.39 is 30.0 Å². The molecule has 0 aliphatic carbocycles. The Balaban J connectivity index is 2.82. The van der Waals surface area contributed by atoms with E-state index in [0.29, 0.717) is 5.75 Å². The molecule has 1 amide bonds. The summed E-state index contributed by atoms with van der Waals surface area (Å²) in [6.07, 6.45) is -0.285. The van der Waals surface area contributed by atoms with Gasteiger partial charge in [-0.1, -0.05) is 11.8 Å². The van der Waals surface area contributed by atoms with E-state index in [4.69, 9.17) is 9.84 Å². The molecule has 1 fully saturated rings. The van der Waals surface area contributed by atoms with E-state index in [2.05, 4.69) is 0 Å². The summed E-state index contributed by atoms with van der Waals surface area (Å²) in [5.41, 5.74) is -0.763. The molecule has 0 aromatic rings. The normalized spacial score (nSPS) is 19.6. The highest BCUT2D eigenvalue weighted by molar-refractivity contribution is 8.13. The third-order valence-electron chi connectivity index (χ3n) is 3.18. The van der Waals surface area contributed by atoms with E-state index in [1.165, 1.54) is 11.8 Å². The zero-order chi connectivity index (χ0) is 17.8. The van der Waals surface area contributed by atoms with Gasteiger partial charge in [-0.05, 0) is 26.7 Å². The molecule has 1 saturated heterocycles. The lowest BCUT2D eigenvalue weighted by atomic mass is 10.1. The maximum absolute atomic E-state index is 12.3. The van der Waals surface area contributed by atoms with Crippen LogP contribution in [-0.4, -0.2) is 56.9 Å². The zero-order valence-electron chi connectivity index (χ0n) is 13.8. The topological polar surface area (TPSA) is 101 Å². The Morgan fingerprint density at radius 1 is 1.39 bits per heavy atom. The van der Waals surface area contributed by atoms with E-state index in [-0.39, 0.29) is 29.9 Å². The molecule has 2 atom stereocenters. The van der Waals surface area contributed by atoms with Crippen molar-refractivity contribution in [2.45, 2.75) is 52.2 Å². The quantitative estimate of drug-likeness (QED) is 0.724. The predicted octanol–water partition coefficient (Wildman–Crippen LogP) is 1.30. The van der Waals surface area contributed by atoms with Gasteiger partial charge in [0.15, 0.2) is 5.12 Å². The maximum atomic E-state index is 12.3. The van der Waals surface area contributed by atoms with E-state index >= 15 is 0 Å². The fraction of sp³-hybridized carbons (Fsp3) is 0.733. The number of hydrogen-bond acceptors (Lipinski definition) is 6. The molecular formula is C15H23NO6S. The first-order valence-corrected chi connectivity index (χ1v) is 8.35. The molecule has 130 valence electrons. The molecule has 1 heterocycles. The van der Waals surface area contributed by atoms with Gasteiger partial charge in [0.1, 0.15) is 11.6 Å². The second kappa shape index (κ2) is 7.81. The van der Waals surface area contributed by atoms with Gasteiger partial charge >= 0.3 is 11.9 Å². The van der Waals surface area contributed by atoms with Gasteiger partial charge in [-0.3, -0.25) is 14.4 Å². The minimum atomic E-state index is -1.17. The highest BCUT2D eigenvalue weighted by Crippen LogP contribution is 2.26. The molecule has 1 rings (SSSR count). The molecule has 0 saturated carbocycles. The standard InChI is InChI=1S/C15H23NO6S/c1-9(17)23-8-10-5-12(18)16(7-10)11(6-13(19)20)14(21)22-15(2,3)4/h10-11H,5-8H2,1-4H3,(H,19,20)/t10?,11-/m0/s1. The third-order valence-corrected chi connectivity index (χ3v) is 4.23. The van der Waals surface area contributed by atoms with Crippen LogP contribution in [0.1, 0.15) is 40.5 Å². The summed E-state index contributed by atoms with van der Waals surface area (Å²) in [6.45, 7) is 6.76. The van der Waals surface area contributed by atoms with Gasteiger partial charge in [0.05, 0.1) is 6.42 Å². The molecule has 8 heteroatoms. The number of carbonyl (C=O) groups is 4. The van der Waals surface area contributed by atoms with E-state index in [9.17, 15) is 19.2 Å². The number of aliphatic carboxylic acids is 1. The van der Waals surface area contributed by atoms with Crippen LogP contribution in [0.2, 0.25) is 0 Å². The average molecular weight is 345 g/mol. The molecule has 1 unspecified atom stereocenters. The summed E-state index contributed by atoms with van der Waals surface area (Å²) in [7, 11) is 0. The van der Waals surface area contributed by atoms with Gasteiger partial charge in [-0.25, -0.2) is 4.79 Å². The number of hydrogen-bond donors (Lipinski definition) is 1. The van der Waals surface area contributed by atoms with Crippen LogP contribution < -0.4 is 0 Å². The number of rotatable bonds is 6. The first-order valence-electron chi connectivity index (χ1n) is 7.37. The molecule has 23 heavy (non-hydrogen) atoms. The molecule has 0 aromatic heterocycles. The summed E-state index contributed by atoms with van der Waals surface area (Å²) in [4.78, 5) is 47.8. The van der Waals surface area contributed by atoms with E-state index in [1.807, 2.05) is 0 Å². The molecule has 0 aromatic carbocycles. The first-order chi connectivity index (χ1) is 10.5. The van der Waals surface area contributed by atoms with Gasteiger partial charge < -0.3 is 14.7 Å². The van der Waals surface area contributed by atoms with Crippen LogP contribution in [0.3, 0.4) is 0 Å². The van der Waals surface area contributed by atoms with Crippen molar-refractivity contribution in [1.29, 1.82) is 0 Å². The van der Waals surface area contributed by atoms with Crippen LogP contribution in [-0.2, 0) is 23.9 Å². The second-order valence-electron chi connectivity index (χ2n) is 6.57. The predicted molar refractivity (Wildman–Crippen MR) is 84.8 cm³/mol. The second-order valence-corrected chi connectivity index (χ2v) is 7.76. The Morgan fingerprint density at radius 3 is 2.48 bits per heavy atom. The molecule has 1 aliphatic heterocycles. The Hall–Kier alpha value is -1.57. The van der Waals surface area contributed by atoms with Crippen molar-refractivity contribution in [3.63, 3.8) is 0 Å². The van der Waals surface area contributed by atoms with Gasteiger partial charge in [0, 0.05) is 25.6 Å². The van der Waals surface area contributed by atoms with Crippen LogP contribution in [0.15, 0.2) is 0 Å². The lowest BCUT2D eigenvalue weighted by Gasteiger charge is -2.29. The van der Waals surface area contributed by atoms with Crippen molar-refractivity contribution in [3.8, 4) is 0 Å². The van der Waals surface area contributed by atoms with Crippen LogP contribution in [0, 0.1) is 5.92 Å². The third kappa shape index (κ3) is 6.60. The summed E-state index contributed by atoms with van der Waals surface area (Å²) in [5.74, 6) is -1.76. The van der Waals surface area contributed by atoms with Gasteiger partial charge in [0.25, 0.3) is 0 Å². The van der Waals surface area contributed by atoms with Crippen molar-refractivity contribution in [1.82, 2.24) is 4.90 Å². The van der Waals surface area contributed by atoms with Crippen molar-refractivity contribution in [2.24, 2.45) is 5.92 Å². The Kier molecular flexibility index (Phi) is 6.61. The van der Waals surface area contributed by atoms with Crippen LogP contribution in [0.4, 0.5) is 0 Å². The molecular weight excluding hydrogens is 322 g/mol. The Morgan fingerprint density at radius 2 is 2.00 bits per heavy atom. The first kappa shape index (κ1) is 19.5. The summed E-state index contributed by atoms with van der Waals surface area (Å²) in [5, 5.41) is 8.99. The van der Waals surface area contributed by atoms with Gasteiger partial charge in [0.2, 0.25) is 5.91 Å². The lowest BCUT2D eigenvalue weighted by Crippen LogP contribution is -2.46. The van der Waals surface area contributed by atoms with Gasteiger partial charge in [-0.2, -0.15) is 0 Å². The number of thioether (sulfide) groups is 1. The SMILES string of the molecule is CC(=O)SCC1CC(=O)N([C@@H](CC(=O)O)C(=O)OC(C)(C)C)C1. The van der Waals surface area contributed by atoms with Crippen molar-refractivity contribution in [3.05, 3.63) is 0 Å². The van der Waals surface area contributed by atoms with E-state index in [1.54, 1.807) is 20.8 Å². The molecule has 7 nitrogen and oxygen atoms in total. The van der Waals surface area contributed by atoms with Crippen molar-refractivity contribution < 1.29 is 29.0 Å². The largest absolute Gasteiger partial charge is 0.481 e. The number of esters is 1. The number of ether oxygens (including phenoxy) is 1. The maximum Gasteiger partial charge on any atom is 0.329 e. The smallest absolute Gasteiger partial charge is 0.329 e. The highest BCUT2D eigenvalue weighted by Gasteiger charge is 2.40. The minimum absolute atomic E-state index is 0.0369. The number of carboxylic acids is 1. The summed E-state index contributed by atoms with van der Waals surface area (Å²) < 4.78 is 5.24. The average Bonchev–Trinajstić information content (AvgIpc) is 2.72. The molecule has 0 radical (unpaired) electrons. The monoisotopic (exact) mass is 345 g/mol. The van der Waals surface area contributed by atoms with Gasteiger partial charge in [-0.15, -0.1) is 0 Å². The lowest BCUT2D eigenvalue weighted by molar-refractivity contribution is -0.166. The molecule has 0 bridgehead atoms. The van der Waals surface area contributed by atoms with Crippen LogP contribution in [0.5, 0.6) is 0 Å².